The number of nitrogens with one attached hydrogen (secondary N) is 2. The first-order chi connectivity index (χ1) is 13.5. The number of rotatable bonds is 5. The summed E-state index contributed by atoms with van der Waals surface area (Å²) < 4.78 is 1.62. The second-order valence-electron chi connectivity index (χ2n) is 6.84. The van der Waals surface area contributed by atoms with Crippen LogP contribution in [0.4, 0.5) is 17.6 Å². The molecule has 0 aliphatic heterocycles. The van der Waals surface area contributed by atoms with E-state index in [1.165, 1.54) is 12.3 Å². The Morgan fingerprint density at radius 1 is 1.29 bits per heavy atom. The molecule has 1 fully saturated rings. The molecular weight excluding hydrogens is 360 g/mol. The largest absolute Gasteiger partial charge is 0.493 e. The van der Waals surface area contributed by atoms with Gasteiger partial charge in [0, 0.05) is 25.0 Å². The zero-order valence-corrected chi connectivity index (χ0v) is 15.5. The molecule has 3 heterocycles. The number of aliphatic hydroxyl groups is 1. The molecule has 1 aliphatic carbocycles. The minimum Gasteiger partial charge on any atom is -0.493 e. The van der Waals surface area contributed by atoms with Gasteiger partial charge in [-0.3, -0.25) is 4.79 Å². The van der Waals surface area contributed by atoms with Gasteiger partial charge in [0.05, 0.1) is 17.5 Å². The average molecular weight is 382 g/mol. The Labute approximate surface area is 161 Å². The topological polar surface area (TPSA) is 125 Å². The van der Waals surface area contributed by atoms with E-state index in [2.05, 4.69) is 25.6 Å². The fourth-order valence-electron chi connectivity index (χ4n) is 3.53. The van der Waals surface area contributed by atoms with Crippen molar-refractivity contribution < 1.29 is 10.2 Å². The van der Waals surface area contributed by atoms with E-state index in [-0.39, 0.29) is 23.4 Å². The van der Waals surface area contributed by atoms with Crippen LogP contribution in [0.1, 0.15) is 26.2 Å². The molecule has 3 aromatic rings. The summed E-state index contributed by atoms with van der Waals surface area (Å²) in [5.74, 6) is 0.887. The minimum atomic E-state index is -0.472. The van der Waals surface area contributed by atoms with Gasteiger partial charge in [-0.05, 0) is 43.7 Å². The summed E-state index contributed by atoms with van der Waals surface area (Å²) in [5, 5.41) is 27.1. The maximum atomic E-state index is 12.9. The Morgan fingerprint density at radius 2 is 2.14 bits per heavy atom. The summed E-state index contributed by atoms with van der Waals surface area (Å²) in [6.07, 6.45) is 5.16. The van der Waals surface area contributed by atoms with Gasteiger partial charge in [-0.15, -0.1) is 0 Å². The highest BCUT2D eigenvalue weighted by Crippen LogP contribution is 2.28. The van der Waals surface area contributed by atoms with Crippen LogP contribution in [0.15, 0.2) is 35.4 Å². The highest BCUT2D eigenvalue weighted by Gasteiger charge is 2.26. The van der Waals surface area contributed by atoms with Crippen LogP contribution in [-0.2, 0) is 6.54 Å². The van der Waals surface area contributed by atoms with E-state index in [9.17, 15) is 15.0 Å². The fraction of sp³-hybridized carbons (Fsp3) is 0.368. The monoisotopic (exact) mass is 382 g/mol. The third kappa shape index (κ3) is 3.48. The predicted molar refractivity (Wildman–Crippen MR) is 106 cm³/mol. The first kappa shape index (κ1) is 18.2. The molecule has 0 aromatic carbocycles. The molecule has 146 valence electrons. The summed E-state index contributed by atoms with van der Waals surface area (Å²) >= 11 is 0. The first-order valence-electron chi connectivity index (χ1n) is 9.33. The molecule has 0 unspecified atom stereocenters. The molecule has 0 bridgehead atoms. The van der Waals surface area contributed by atoms with Gasteiger partial charge >= 0.3 is 0 Å². The standard InChI is InChI=1S/C19H22N6O3/c1-2-25-9-7-11-10-14(23-19-20-8-6-15(27)24-19)22-17(16(11)18(25)28)21-12-4-3-5-13(12)26/h6-10,12-13,26H,2-5H2,1H3,(H3,20,21,22,23,24,27)/t12-,13-/m0/s1. The highest BCUT2D eigenvalue weighted by molar-refractivity contribution is 5.93. The molecule has 0 radical (unpaired) electrons. The number of hydrogen-bond donors (Lipinski definition) is 4. The quantitative estimate of drug-likeness (QED) is 0.528. The van der Waals surface area contributed by atoms with Gasteiger partial charge in [-0.2, -0.15) is 4.98 Å². The van der Waals surface area contributed by atoms with Gasteiger partial charge in [-0.1, -0.05) is 0 Å². The van der Waals surface area contributed by atoms with E-state index >= 15 is 0 Å². The second kappa shape index (κ2) is 7.43. The number of aromatic hydroxyl groups is 1. The normalized spacial score (nSPS) is 19.1. The van der Waals surface area contributed by atoms with E-state index in [1.807, 2.05) is 13.0 Å². The van der Waals surface area contributed by atoms with E-state index in [0.29, 0.717) is 29.0 Å². The SMILES string of the molecule is CCn1ccc2cc(Nc3nccc(O)n3)nc(N[C@H]3CCC[C@@H]3O)c2c1=O. The van der Waals surface area contributed by atoms with Gasteiger partial charge in [-0.25, -0.2) is 9.97 Å². The third-order valence-electron chi connectivity index (χ3n) is 4.98. The molecule has 3 aromatic heterocycles. The first-order valence-corrected chi connectivity index (χ1v) is 9.33. The van der Waals surface area contributed by atoms with Crippen LogP contribution in [0, 0.1) is 0 Å². The van der Waals surface area contributed by atoms with Crippen molar-refractivity contribution in [3.63, 3.8) is 0 Å². The lowest BCUT2D eigenvalue weighted by atomic mass is 10.1. The third-order valence-corrected chi connectivity index (χ3v) is 4.98. The Balaban J connectivity index is 1.80. The number of aromatic nitrogens is 4. The van der Waals surface area contributed by atoms with Gasteiger partial charge in [0.25, 0.3) is 5.56 Å². The van der Waals surface area contributed by atoms with E-state index in [4.69, 9.17) is 0 Å². The maximum absolute atomic E-state index is 12.9. The number of fused-ring (bicyclic) bond motifs is 1. The van der Waals surface area contributed by atoms with Crippen LogP contribution in [0.5, 0.6) is 5.88 Å². The van der Waals surface area contributed by atoms with Crippen LogP contribution in [0.2, 0.25) is 0 Å². The van der Waals surface area contributed by atoms with Gasteiger partial charge < -0.3 is 25.4 Å². The number of pyridine rings is 2. The van der Waals surface area contributed by atoms with Crippen molar-refractivity contribution in [2.24, 2.45) is 0 Å². The lowest BCUT2D eigenvalue weighted by Gasteiger charge is -2.19. The lowest BCUT2D eigenvalue weighted by Crippen LogP contribution is -2.30. The van der Waals surface area contributed by atoms with Crippen molar-refractivity contribution in [2.75, 3.05) is 10.6 Å². The van der Waals surface area contributed by atoms with Gasteiger partial charge in [0.15, 0.2) is 0 Å². The summed E-state index contributed by atoms with van der Waals surface area (Å²) in [5.41, 5.74) is -0.136. The molecular formula is C19H22N6O3. The van der Waals surface area contributed by atoms with Crippen molar-refractivity contribution in [3.05, 3.63) is 40.9 Å². The van der Waals surface area contributed by atoms with E-state index < -0.39 is 6.10 Å². The zero-order valence-electron chi connectivity index (χ0n) is 15.5. The van der Waals surface area contributed by atoms with E-state index in [0.717, 1.165) is 19.3 Å². The van der Waals surface area contributed by atoms with Crippen LogP contribution in [0.25, 0.3) is 10.8 Å². The van der Waals surface area contributed by atoms with Crippen molar-refractivity contribution >= 4 is 28.4 Å². The molecule has 4 rings (SSSR count). The van der Waals surface area contributed by atoms with E-state index in [1.54, 1.807) is 16.8 Å². The van der Waals surface area contributed by atoms with Crippen LogP contribution in [-0.4, -0.2) is 41.9 Å². The molecule has 1 saturated carbocycles. The average Bonchev–Trinajstić information content (AvgIpc) is 3.06. The highest BCUT2D eigenvalue weighted by atomic mass is 16.3. The Bertz CT molecular complexity index is 1070. The second-order valence-corrected chi connectivity index (χ2v) is 6.84. The molecule has 4 N–H and O–H groups in total. The Hall–Kier alpha value is -3.20. The minimum absolute atomic E-state index is 0.136. The Morgan fingerprint density at radius 3 is 2.86 bits per heavy atom. The molecule has 1 aliphatic rings. The fourth-order valence-corrected chi connectivity index (χ4v) is 3.53. The van der Waals surface area contributed by atoms with Crippen LogP contribution >= 0.6 is 0 Å². The summed E-state index contributed by atoms with van der Waals surface area (Å²) in [4.78, 5) is 25.4. The predicted octanol–water partition coefficient (Wildman–Crippen LogP) is 1.98. The number of nitrogens with zero attached hydrogens (tertiary/aromatic N) is 4. The van der Waals surface area contributed by atoms with Crippen molar-refractivity contribution in [1.82, 2.24) is 19.5 Å². The van der Waals surface area contributed by atoms with Crippen LogP contribution < -0.4 is 16.2 Å². The van der Waals surface area contributed by atoms with Crippen molar-refractivity contribution in [2.45, 2.75) is 44.9 Å². The number of aliphatic hydroxyl groups excluding tert-OH is 1. The van der Waals surface area contributed by atoms with Crippen LogP contribution in [0.3, 0.4) is 0 Å². The number of aryl methyl sites for hydroxylation is 1. The maximum Gasteiger partial charge on any atom is 0.262 e. The van der Waals surface area contributed by atoms with Gasteiger partial charge in [0.1, 0.15) is 11.6 Å². The Kier molecular flexibility index (Phi) is 4.82. The smallest absolute Gasteiger partial charge is 0.262 e. The van der Waals surface area contributed by atoms with Crippen molar-refractivity contribution in [1.29, 1.82) is 0 Å². The lowest BCUT2D eigenvalue weighted by molar-refractivity contribution is 0.171. The number of anilines is 3. The molecule has 28 heavy (non-hydrogen) atoms. The molecule has 0 saturated heterocycles. The molecule has 9 nitrogen and oxygen atoms in total. The molecule has 0 spiro atoms. The summed E-state index contributed by atoms with van der Waals surface area (Å²) in [7, 11) is 0. The van der Waals surface area contributed by atoms with Crippen molar-refractivity contribution in [3.8, 4) is 5.88 Å². The summed E-state index contributed by atoms with van der Waals surface area (Å²) in [6.45, 7) is 2.46. The van der Waals surface area contributed by atoms with Gasteiger partial charge in [0.2, 0.25) is 11.8 Å². The summed E-state index contributed by atoms with van der Waals surface area (Å²) in [6, 6.07) is 4.81. The number of hydrogen-bond acceptors (Lipinski definition) is 8. The molecule has 9 heteroatoms. The molecule has 0 amide bonds. The molecule has 2 atom stereocenters. The zero-order chi connectivity index (χ0) is 19.7.